The highest BCUT2D eigenvalue weighted by molar-refractivity contribution is 5.92. The molecule has 2 heterocycles. The first-order chi connectivity index (χ1) is 12.7. The molecule has 0 radical (unpaired) electrons. The van der Waals surface area contributed by atoms with Gasteiger partial charge in [0.25, 0.3) is 0 Å². The van der Waals surface area contributed by atoms with Gasteiger partial charge in [0.15, 0.2) is 5.65 Å². The molecule has 4 aromatic rings. The number of fused-ring (bicyclic) bond motifs is 3. The van der Waals surface area contributed by atoms with Crippen LogP contribution in [0.1, 0.15) is 17.8 Å². The quantitative estimate of drug-likeness (QED) is 0.538. The first-order valence-corrected chi connectivity index (χ1v) is 8.76. The van der Waals surface area contributed by atoms with Crippen LogP contribution >= 0.6 is 0 Å². The summed E-state index contributed by atoms with van der Waals surface area (Å²) < 4.78 is 7.57. The number of nitrogens with one attached hydrogen (secondary N) is 1. The molecule has 0 saturated carbocycles. The van der Waals surface area contributed by atoms with Crippen molar-refractivity contribution in [3.05, 3.63) is 59.9 Å². The summed E-state index contributed by atoms with van der Waals surface area (Å²) in [5.74, 6) is 2.34. The number of hydrogen-bond donors (Lipinski definition) is 1. The number of nitrogens with zero attached hydrogens (tertiary/aromatic N) is 4. The smallest absolute Gasteiger partial charge is 0.226 e. The monoisotopic (exact) mass is 347 g/mol. The van der Waals surface area contributed by atoms with E-state index in [4.69, 9.17) is 9.72 Å². The van der Waals surface area contributed by atoms with Crippen LogP contribution in [-0.4, -0.2) is 32.7 Å². The fraction of sp³-hybridized carbons (Fsp3) is 0.250. The van der Waals surface area contributed by atoms with Crippen molar-refractivity contribution in [3.8, 4) is 5.75 Å². The topological polar surface area (TPSA) is 64.3 Å². The van der Waals surface area contributed by atoms with E-state index < -0.39 is 0 Å². The van der Waals surface area contributed by atoms with Gasteiger partial charge in [-0.2, -0.15) is 4.52 Å². The number of para-hydroxylation sites is 1. The molecular formula is C20H21N5O. The van der Waals surface area contributed by atoms with Gasteiger partial charge in [0.05, 0.1) is 12.1 Å². The summed E-state index contributed by atoms with van der Waals surface area (Å²) in [6.45, 7) is 5.33. The highest BCUT2D eigenvalue weighted by Gasteiger charge is 2.11. The van der Waals surface area contributed by atoms with Crippen LogP contribution in [0.3, 0.4) is 0 Å². The maximum atomic E-state index is 5.79. The number of aryl methyl sites for hydroxylation is 2. The molecule has 6 heteroatoms. The second-order valence-electron chi connectivity index (χ2n) is 6.29. The van der Waals surface area contributed by atoms with Crippen LogP contribution in [-0.2, 0) is 0 Å². The summed E-state index contributed by atoms with van der Waals surface area (Å²) in [5, 5.41) is 8.83. The van der Waals surface area contributed by atoms with E-state index in [1.807, 2.05) is 49.4 Å². The standard InChI is InChI=1S/C20H21N5O/c1-14-7-5-8-16(13-14)26-12-6-11-21-20-23-18-10-4-3-9-17(18)19-22-15(2)24-25(19)20/h3-5,7-10,13H,6,11-12H2,1-2H3,(H,21,23). The minimum absolute atomic E-state index is 0.642. The lowest BCUT2D eigenvalue weighted by atomic mass is 10.2. The van der Waals surface area contributed by atoms with Crippen molar-refractivity contribution < 1.29 is 4.74 Å². The van der Waals surface area contributed by atoms with Gasteiger partial charge in [0, 0.05) is 11.9 Å². The minimum Gasteiger partial charge on any atom is -0.494 e. The normalized spacial score (nSPS) is 11.2. The van der Waals surface area contributed by atoms with Gasteiger partial charge < -0.3 is 10.1 Å². The second-order valence-corrected chi connectivity index (χ2v) is 6.29. The molecule has 6 nitrogen and oxygen atoms in total. The van der Waals surface area contributed by atoms with Gasteiger partial charge in [-0.15, -0.1) is 5.10 Å². The minimum atomic E-state index is 0.642. The number of hydrogen-bond acceptors (Lipinski definition) is 5. The van der Waals surface area contributed by atoms with E-state index in [-0.39, 0.29) is 0 Å². The Hall–Kier alpha value is -3.15. The Bertz CT molecular complexity index is 1060. The Labute approximate surface area is 151 Å². The van der Waals surface area contributed by atoms with Crippen molar-refractivity contribution >= 4 is 22.5 Å². The fourth-order valence-corrected chi connectivity index (χ4v) is 2.94. The molecule has 0 bridgehead atoms. The Morgan fingerprint density at radius 2 is 1.92 bits per heavy atom. The maximum Gasteiger partial charge on any atom is 0.226 e. The van der Waals surface area contributed by atoms with Crippen molar-refractivity contribution in [3.63, 3.8) is 0 Å². The van der Waals surface area contributed by atoms with Crippen LogP contribution in [0.25, 0.3) is 16.6 Å². The van der Waals surface area contributed by atoms with Gasteiger partial charge >= 0.3 is 0 Å². The van der Waals surface area contributed by atoms with Crippen molar-refractivity contribution in [2.45, 2.75) is 20.3 Å². The molecule has 1 N–H and O–H groups in total. The van der Waals surface area contributed by atoms with E-state index in [1.54, 1.807) is 4.52 Å². The fourth-order valence-electron chi connectivity index (χ4n) is 2.94. The lowest BCUT2D eigenvalue weighted by Gasteiger charge is -2.10. The SMILES string of the molecule is Cc1cccc(OCCCNc2nc3ccccc3c3nc(C)nn23)c1. The third-order valence-corrected chi connectivity index (χ3v) is 4.15. The van der Waals surface area contributed by atoms with Crippen LogP contribution in [0, 0.1) is 13.8 Å². The lowest BCUT2D eigenvalue weighted by molar-refractivity contribution is 0.314. The predicted octanol–water partition coefficient (Wildman–Crippen LogP) is 3.78. The molecule has 2 aromatic carbocycles. The molecular weight excluding hydrogens is 326 g/mol. The number of ether oxygens (including phenoxy) is 1. The van der Waals surface area contributed by atoms with Crippen LogP contribution in [0.5, 0.6) is 5.75 Å². The van der Waals surface area contributed by atoms with E-state index in [2.05, 4.69) is 28.4 Å². The zero-order valence-corrected chi connectivity index (χ0v) is 14.9. The zero-order valence-electron chi connectivity index (χ0n) is 14.9. The summed E-state index contributed by atoms with van der Waals surface area (Å²) in [7, 11) is 0. The highest BCUT2D eigenvalue weighted by Crippen LogP contribution is 2.20. The Morgan fingerprint density at radius 3 is 2.81 bits per heavy atom. The second kappa shape index (κ2) is 7.00. The predicted molar refractivity (Wildman–Crippen MR) is 103 cm³/mol. The molecule has 26 heavy (non-hydrogen) atoms. The summed E-state index contributed by atoms with van der Waals surface area (Å²) in [5.41, 5.74) is 2.93. The van der Waals surface area contributed by atoms with Gasteiger partial charge in [-0.1, -0.05) is 24.3 Å². The van der Waals surface area contributed by atoms with Gasteiger partial charge in [-0.05, 0) is 50.1 Å². The molecule has 4 rings (SSSR count). The maximum absolute atomic E-state index is 5.79. The molecule has 0 aliphatic heterocycles. The van der Waals surface area contributed by atoms with Crippen LogP contribution in [0.2, 0.25) is 0 Å². The third-order valence-electron chi connectivity index (χ3n) is 4.15. The van der Waals surface area contributed by atoms with E-state index in [0.29, 0.717) is 12.6 Å². The third kappa shape index (κ3) is 3.31. The molecule has 0 saturated heterocycles. The van der Waals surface area contributed by atoms with Gasteiger partial charge in [0.2, 0.25) is 5.95 Å². The highest BCUT2D eigenvalue weighted by atomic mass is 16.5. The average molecular weight is 347 g/mol. The Morgan fingerprint density at radius 1 is 1.04 bits per heavy atom. The molecule has 0 amide bonds. The summed E-state index contributed by atoms with van der Waals surface area (Å²) in [4.78, 5) is 9.23. The molecule has 0 unspecified atom stereocenters. The van der Waals surface area contributed by atoms with E-state index in [1.165, 1.54) is 5.56 Å². The molecule has 132 valence electrons. The summed E-state index contributed by atoms with van der Waals surface area (Å²) in [6, 6.07) is 16.1. The Kier molecular flexibility index (Phi) is 4.39. The molecule has 0 aliphatic carbocycles. The van der Waals surface area contributed by atoms with Gasteiger partial charge in [-0.25, -0.2) is 9.97 Å². The van der Waals surface area contributed by atoms with Crippen molar-refractivity contribution in [1.82, 2.24) is 19.6 Å². The number of benzene rings is 2. The molecule has 0 fully saturated rings. The van der Waals surface area contributed by atoms with Crippen molar-refractivity contribution in [1.29, 1.82) is 0 Å². The first kappa shape index (κ1) is 16.3. The van der Waals surface area contributed by atoms with E-state index in [9.17, 15) is 0 Å². The van der Waals surface area contributed by atoms with E-state index >= 15 is 0 Å². The van der Waals surface area contributed by atoms with E-state index in [0.717, 1.165) is 41.1 Å². The molecule has 2 aromatic heterocycles. The number of aromatic nitrogens is 4. The number of anilines is 1. The summed E-state index contributed by atoms with van der Waals surface area (Å²) >= 11 is 0. The van der Waals surface area contributed by atoms with Gasteiger partial charge in [0.1, 0.15) is 11.6 Å². The first-order valence-electron chi connectivity index (χ1n) is 8.76. The van der Waals surface area contributed by atoms with Crippen LogP contribution < -0.4 is 10.1 Å². The largest absolute Gasteiger partial charge is 0.494 e. The zero-order chi connectivity index (χ0) is 17.9. The molecule has 0 atom stereocenters. The van der Waals surface area contributed by atoms with Crippen LogP contribution in [0.15, 0.2) is 48.5 Å². The molecule has 0 spiro atoms. The van der Waals surface area contributed by atoms with Crippen molar-refractivity contribution in [2.24, 2.45) is 0 Å². The average Bonchev–Trinajstić information content (AvgIpc) is 3.03. The van der Waals surface area contributed by atoms with Gasteiger partial charge in [-0.3, -0.25) is 0 Å². The van der Waals surface area contributed by atoms with Crippen molar-refractivity contribution in [2.75, 3.05) is 18.5 Å². The van der Waals surface area contributed by atoms with Crippen LogP contribution in [0.4, 0.5) is 5.95 Å². The number of rotatable bonds is 6. The Balaban J connectivity index is 1.45. The summed E-state index contributed by atoms with van der Waals surface area (Å²) in [6.07, 6.45) is 0.859. The molecule has 0 aliphatic rings. The lowest BCUT2D eigenvalue weighted by Crippen LogP contribution is -2.12.